The van der Waals surface area contributed by atoms with Crippen LogP contribution in [0, 0.1) is 22.7 Å². The maximum atomic E-state index is 8.98. The molecule has 3 heteroatoms. The zero-order valence-electron chi connectivity index (χ0n) is 18.6. The van der Waals surface area contributed by atoms with E-state index < -0.39 is 0 Å². The molecule has 0 saturated heterocycles. The second-order valence-electron chi connectivity index (χ2n) is 7.40. The largest absolute Gasteiger partial charge is 0.684 e. The molecule has 4 rings (SSSR count). The molecule has 2 nitrogen and oxygen atoms in total. The Morgan fingerprint density at radius 3 is 1.67 bits per heavy atom. The second kappa shape index (κ2) is 12.8. The molecule has 0 atom stereocenters. The topological polar surface area (TPSA) is 47.6 Å². The minimum atomic E-state index is 0. The van der Waals surface area contributed by atoms with Crippen LogP contribution in [-0.2, 0) is 17.1 Å². The molecule has 0 heterocycles. The summed E-state index contributed by atoms with van der Waals surface area (Å²) in [5, 5.41) is 18.0. The molecule has 0 bridgehead atoms. The summed E-state index contributed by atoms with van der Waals surface area (Å²) in [6.07, 6.45) is 4.10. The summed E-state index contributed by atoms with van der Waals surface area (Å²) < 4.78 is 0. The van der Waals surface area contributed by atoms with Gasteiger partial charge >= 0.3 is 0 Å². The first-order valence-electron chi connectivity index (χ1n) is 10.4. The Balaban J connectivity index is 0.000000227. The van der Waals surface area contributed by atoms with Gasteiger partial charge in [-0.3, -0.25) is 0 Å². The molecule has 0 amide bonds. The molecule has 0 N–H and O–H groups in total. The predicted octanol–water partition coefficient (Wildman–Crippen LogP) is 7.67. The van der Waals surface area contributed by atoms with Crippen molar-refractivity contribution in [1.82, 2.24) is 0 Å². The Bertz CT molecular complexity index is 1190. The van der Waals surface area contributed by atoms with Crippen molar-refractivity contribution in [2.75, 3.05) is 0 Å². The Morgan fingerprint density at radius 2 is 1.18 bits per heavy atom. The van der Waals surface area contributed by atoms with E-state index in [-0.39, 0.29) is 17.1 Å². The smallest absolute Gasteiger partial charge is 0.0989 e. The van der Waals surface area contributed by atoms with Crippen LogP contribution in [0.4, 0.5) is 0 Å². The Hall–Kier alpha value is -3.88. The monoisotopic (exact) mass is 468 g/mol. The molecule has 0 aliphatic heterocycles. The zero-order chi connectivity index (χ0) is 22.8. The van der Waals surface area contributed by atoms with E-state index in [4.69, 9.17) is 10.5 Å². The van der Waals surface area contributed by atoms with Crippen molar-refractivity contribution in [2.45, 2.75) is 13.8 Å². The van der Waals surface area contributed by atoms with E-state index in [9.17, 15) is 0 Å². The third-order valence-electron chi connectivity index (χ3n) is 5.14. The first kappa shape index (κ1) is 25.4. The summed E-state index contributed by atoms with van der Waals surface area (Å²) in [6, 6.07) is 36.0. The van der Waals surface area contributed by atoms with Gasteiger partial charge in [0.1, 0.15) is 0 Å². The van der Waals surface area contributed by atoms with Crippen molar-refractivity contribution in [3.05, 3.63) is 130 Å². The number of nitrogens with zero attached hydrogens (tertiary/aromatic N) is 2. The van der Waals surface area contributed by atoms with Crippen LogP contribution >= 0.6 is 0 Å². The summed E-state index contributed by atoms with van der Waals surface area (Å²) in [6.45, 7) is 4.12. The summed E-state index contributed by atoms with van der Waals surface area (Å²) in [5.41, 5.74) is 8.13. The molecule has 0 aliphatic rings. The van der Waals surface area contributed by atoms with Crippen molar-refractivity contribution >= 4 is 23.3 Å². The third kappa shape index (κ3) is 7.06. The first-order valence-corrected chi connectivity index (χ1v) is 10.4. The molecule has 0 spiro atoms. The van der Waals surface area contributed by atoms with Gasteiger partial charge in [0, 0.05) is 22.6 Å². The van der Waals surface area contributed by atoms with E-state index in [0.29, 0.717) is 11.1 Å². The van der Waals surface area contributed by atoms with Crippen molar-refractivity contribution in [3.63, 3.8) is 0 Å². The zero-order valence-corrected chi connectivity index (χ0v) is 19.7. The van der Waals surface area contributed by atoms with E-state index in [1.54, 1.807) is 0 Å². The minimum Gasteiger partial charge on any atom is -0.684 e. The van der Waals surface area contributed by atoms with Crippen LogP contribution < -0.4 is 0 Å². The van der Waals surface area contributed by atoms with Gasteiger partial charge < -0.3 is 41.5 Å². The molecular formula is C30H24FeN2-6. The summed E-state index contributed by atoms with van der Waals surface area (Å²) in [7, 11) is 0. The fourth-order valence-corrected chi connectivity index (χ4v) is 3.36. The van der Waals surface area contributed by atoms with Gasteiger partial charge in [0.15, 0.2) is 0 Å². The van der Waals surface area contributed by atoms with Gasteiger partial charge in [0.05, 0.1) is 17.7 Å². The second-order valence-corrected chi connectivity index (χ2v) is 7.40. The van der Waals surface area contributed by atoms with Crippen LogP contribution in [0.1, 0.15) is 47.2 Å². The number of allylic oxidation sites excluding steroid dienone is 2. The standard InChI is InChI=1S/2C15H12N.Fe/c2*1-12(13-6-2-3-7-13)10-14-8-4-5-9-15(14)11-16;/h2*2-10H,1H3;/q-5;-1;. The van der Waals surface area contributed by atoms with Crippen molar-refractivity contribution in [1.29, 1.82) is 10.5 Å². The summed E-state index contributed by atoms with van der Waals surface area (Å²) in [5.74, 6) is 0. The molecule has 4 aromatic rings. The van der Waals surface area contributed by atoms with E-state index in [0.717, 1.165) is 11.1 Å². The van der Waals surface area contributed by atoms with Gasteiger partial charge in [-0.25, -0.2) is 0 Å². The Labute approximate surface area is 207 Å². The fraction of sp³-hybridized carbons (Fsp3) is 0.0667. The molecule has 0 radical (unpaired) electrons. The molecule has 0 unspecified atom stereocenters. The van der Waals surface area contributed by atoms with Crippen LogP contribution in [0.25, 0.3) is 23.3 Å². The quantitative estimate of drug-likeness (QED) is 0.228. The molecular weight excluding hydrogens is 444 g/mol. The summed E-state index contributed by atoms with van der Waals surface area (Å²) >= 11 is 0. The average Bonchev–Trinajstić information content (AvgIpc) is 3.55. The molecule has 4 aromatic carbocycles. The molecule has 0 aromatic heterocycles. The van der Waals surface area contributed by atoms with E-state index in [1.807, 2.05) is 84.9 Å². The maximum Gasteiger partial charge on any atom is 0.0989 e. The number of hydrogen-bond acceptors (Lipinski definition) is 2. The number of rotatable bonds is 4. The van der Waals surface area contributed by atoms with Gasteiger partial charge in [-0.2, -0.15) is 35.1 Å². The SMILES string of the molecule is CC(=Cc1ccccc1C#N)[c-]1[cH-][cH-][cH-][cH-]1.CC(=Cc1ccccc1C#N)[c-]1cccc1.[Fe]. The third-order valence-corrected chi connectivity index (χ3v) is 5.14. The van der Waals surface area contributed by atoms with Crippen LogP contribution in [0.2, 0.25) is 0 Å². The average molecular weight is 468 g/mol. The van der Waals surface area contributed by atoms with Crippen LogP contribution in [0.15, 0.2) is 97.1 Å². The van der Waals surface area contributed by atoms with E-state index >= 15 is 0 Å². The normalized spacial score (nSPS) is 10.8. The van der Waals surface area contributed by atoms with E-state index in [1.165, 1.54) is 22.3 Å². The first-order chi connectivity index (χ1) is 15.6. The molecule has 0 fully saturated rings. The van der Waals surface area contributed by atoms with E-state index in [2.05, 4.69) is 50.3 Å². The van der Waals surface area contributed by atoms with Crippen LogP contribution in [-0.4, -0.2) is 0 Å². The van der Waals surface area contributed by atoms with Gasteiger partial charge in [-0.15, -0.1) is 29.3 Å². The van der Waals surface area contributed by atoms with Crippen molar-refractivity contribution < 1.29 is 17.1 Å². The Morgan fingerprint density at radius 1 is 0.727 bits per heavy atom. The van der Waals surface area contributed by atoms with Crippen LogP contribution in [0.5, 0.6) is 0 Å². The molecule has 168 valence electrons. The molecule has 0 saturated carbocycles. The molecule has 0 aliphatic carbocycles. The summed E-state index contributed by atoms with van der Waals surface area (Å²) in [4.78, 5) is 0. The van der Waals surface area contributed by atoms with Gasteiger partial charge in [-0.1, -0.05) is 43.3 Å². The number of benzene rings is 2. The van der Waals surface area contributed by atoms with Gasteiger partial charge in [0.2, 0.25) is 0 Å². The van der Waals surface area contributed by atoms with Crippen molar-refractivity contribution in [3.8, 4) is 12.1 Å². The maximum absolute atomic E-state index is 8.98. The van der Waals surface area contributed by atoms with Gasteiger partial charge in [0.25, 0.3) is 0 Å². The number of nitriles is 2. The van der Waals surface area contributed by atoms with Crippen molar-refractivity contribution in [2.24, 2.45) is 0 Å². The fourth-order valence-electron chi connectivity index (χ4n) is 3.36. The van der Waals surface area contributed by atoms with Gasteiger partial charge in [-0.05, 0) is 17.7 Å². The minimum absolute atomic E-state index is 0. The van der Waals surface area contributed by atoms with Crippen LogP contribution in [0.3, 0.4) is 0 Å². The Kier molecular flexibility index (Phi) is 9.88. The predicted molar refractivity (Wildman–Crippen MR) is 133 cm³/mol. The molecule has 33 heavy (non-hydrogen) atoms. The number of hydrogen-bond donors (Lipinski definition) is 0.